The smallest absolute Gasteiger partial charge is 0.354 e. The molecule has 3 rings (SSSR count). The fraction of sp³-hybridized carbons (Fsp3) is 0.438. The molecule has 3 heterocycles. The predicted octanol–water partition coefficient (Wildman–Crippen LogP) is 3.08. The van der Waals surface area contributed by atoms with Crippen LogP contribution in [0.1, 0.15) is 33.8 Å². The molecular weight excluding hydrogens is 371 g/mol. The summed E-state index contributed by atoms with van der Waals surface area (Å²) in [7, 11) is 0. The third kappa shape index (κ3) is 3.59. The van der Waals surface area contributed by atoms with Crippen molar-refractivity contribution in [2.24, 2.45) is 0 Å². The van der Waals surface area contributed by atoms with Crippen LogP contribution in [0.2, 0.25) is 0 Å². The molecule has 0 spiro atoms. The molecule has 1 N–H and O–H groups in total. The topological polar surface area (TPSA) is 75.4 Å². The second kappa shape index (κ2) is 7.10. The summed E-state index contributed by atoms with van der Waals surface area (Å²) in [5.41, 5.74) is -0.0212. The lowest BCUT2D eigenvalue weighted by Crippen LogP contribution is -2.47. The van der Waals surface area contributed by atoms with Crippen molar-refractivity contribution in [2.75, 3.05) is 13.1 Å². The van der Waals surface area contributed by atoms with Gasteiger partial charge < -0.3 is 14.7 Å². The van der Waals surface area contributed by atoms with E-state index in [0.29, 0.717) is 29.3 Å². The van der Waals surface area contributed by atoms with Gasteiger partial charge in [0.1, 0.15) is 5.69 Å². The number of carbonyl (C=O) groups excluding carboxylic acids is 2. The Bertz CT molecular complexity index is 815. The van der Waals surface area contributed by atoms with Crippen molar-refractivity contribution in [3.63, 3.8) is 0 Å². The number of piperidine rings is 1. The number of hydrogen-bond acceptors (Lipinski definition) is 5. The zero-order valence-corrected chi connectivity index (χ0v) is 14.6. The van der Waals surface area contributed by atoms with Crippen LogP contribution in [0.15, 0.2) is 16.7 Å². The van der Waals surface area contributed by atoms with Gasteiger partial charge in [-0.1, -0.05) is 5.16 Å². The molecule has 6 nitrogen and oxygen atoms in total. The molecule has 0 saturated carbocycles. The van der Waals surface area contributed by atoms with Crippen molar-refractivity contribution >= 4 is 23.7 Å². The number of amides is 2. The molecule has 10 heteroatoms. The van der Waals surface area contributed by atoms with Gasteiger partial charge in [0.25, 0.3) is 5.91 Å². The van der Waals surface area contributed by atoms with Crippen molar-refractivity contribution in [1.82, 2.24) is 15.4 Å². The molecule has 0 unspecified atom stereocenters. The average Bonchev–Trinajstić information content (AvgIpc) is 3.20. The number of carbonyl (C=O) groups is 2. The standard InChI is InChI=1S/C16H16F3N3O3S/c1-9-13(21-25-14(9)16(17,18)19)11-4-5-12(26-11)15(24)22-6-2-3-10(7-22)20-8-23/h4-5,8,10H,2-3,6-7H2,1H3,(H,20,23)/t10-/m1/s1. The largest absolute Gasteiger partial charge is 0.452 e. The van der Waals surface area contributed by atoms with Crippen LogP contribution in [-0.4, -0.2) is 41.5 Å². The first-order chi connectivity index (χ1) is 12.3. The summed E-state index contributed by atoms with van der Waals surface area (Å²) in [6, 6.07) is 3.05. The lowest BCUT2D eigenvalue weighted by Gasteiger charge is -2.32. The lowest BCUT2D eigenvalue weighted by atomic mass is 10.1. The van der Waals surface area contributed by atoms with E-state index in [-0.39, 0.29) is 23.2 Å². The Morgan fingerprint density at radius 2 is 2.23 bits per heavy atom. The molecule has 2 amide bonds. The Labute approximate surface area is 151 Å². The van der Waals surface area contributed by atoms with E-state index < -0.39 is 11.9 Å². The molecule has 1 aliphatic rings. The highest BCUT2D eigenvalue weighted by molar-refractivity contribution is 7.17. The third-order valence-electron chi connectivity index (χ3n) is 4.24. The highest BCUT2D eigenvalue weighted by Crippen LogP contribution is 2.38. The fourth-order valence-electron chi connectivity index (χ4n) is 2.96. The Kier molecular flexibility index (Phi) is 5.03. The Balaban J connectivity index is 1.79. The molecule has 0 aromatic carbocycles. The third-order valence-corrected chi connectivity index (χ3v) is 5.32. The minimum absolute atomic E-state index is 0.0838. The summed E-state index contributed by atoms with van der Waals surface area (Å²) in [4.78, 5) is 25.7. The Hall–Kier alpha value is -2.36. The number of alkyl halides is 3. The zero-order valence-electron chi connectivity index (χ0n) is 13.8. The van der Waals surface area contributed by atoms with Crippen LogP contribution in [0.3, 0.4) is 0 Å². The van der Waals surface area contributed by atoms with E-state index in [1.54, 1.807) is 17.0 Å². The zero-order chi connectivity index (χ0) is 18.9. The lowest BCUT2D eigenvalue weighted by molar-refractivity contribution is -0.156. The first kappa shape index (κ1) is 18.4. The molecular formula is C16H16F3N3O3S. The maximum absolute atomic E-state index is 12.8. The highest BCUT2D eigenvalue weighted by atomic mass is 32.1. The van der Waals surface area contributed by atoms with Crippen LogP contribution in [0.4, 0.5) is 13.2 Å². The summed E-state index contributed by atoms with van der Waals surface area (Å²) in [5.74, 6) is -1.34. The number of hydrogen-bond donors (Lipinski definition) is 1. The molecule has 1 aliphatic heterocycles. The number of nitrogens with one attached hydrogen (secondary N) is 1. The molecule has 1 fully saturated rings. The van der Waals surface area contributed by atoms with Crippen LogP contribution in [0.25, 0.3) is 10.6 Å². The van der Waals surface area contributed by atoms with Crippen molar-refractivity contribution in [3.05, 3.63) is 28.3 Å². The first-order valence-electron chi connectivity index (χ1n) is 7.94. The minimum atomic E-state index is -4.61. The van der Waals surface area contributed by atoms with Crippen LogP contribution in [0, 0.1) is 6.92 Å². The van der Waals surface area contributed by atoms with Gasteiger partial charge in [-0.2, -0.15) is 13.2 Å². The maximum atomic E-state index is 12.8. The normalized spacial score (nSPS) is 18.0. The van der Waals surface area contributed by atoms with Gasteiger partial charge in [-0.15, -0.1) is 11.3 Å². The quantitative estimate of drug-likeness (QED) is 0.818. The van der Waals surface area contributed by atoms with E-state index in [9.17, 15) is 22.8 Å². The van der Waals surface area contributed by atoms with Gasteiger partial charge in [0.2, 0.25) is 12.2 Å². The van der Waals surface area contributed by atoms with Crippen LogP contribution in [0.5, 0.6) is 0 Å². The minimum Gasteiger partial charge on any atom is -0.354 e. The molecule has 2 aromatic rings. The number of rotatable bonds is 4. The molecule has 1 saturated heterocycles. The van der Waals surface area contributed by atoms with E-state index in [4.69, 9.17) is 0 Å². The Morgan fingerprint density at radius 1 is 1.46 bits per heavy atom. The number of thiophene rings is 1. The van der Waals surface area contributed by atoms with Gasteiger partial charge >= 0.3 is 6.18 Å². The molecule has 1 atom stereocenters. The Morgan fingerprint density at radius 3 is 2.88 bits per heavy atom. The van der Waals surface area contributed by atoms with E-state index in [1.165, 1.54) is 6.92 Å². The van der Waals surface area contributed by atoms with Crippen molar-refractivity contribution in [1.29, 1.82) is 0 Å². The summed E-state index contributed by atoms with van der Waals surface area (Å²) in [6.45, 7) is 2.27. The predicted molar refractivity (Wildman–Crippen MR) is 87.7 cm³/mol. The molecule has 0 bridgehead atoms. The van der Waals surface area contributed by atoms with E-state index >= 15 is 0 Å². The second-order valence-corrected chi connectivity index (χ2v) is 7.11. The van der Waals surface area contributed by atoms with E-state index in [0.717, 1.165) is 24.2 Å². The number of halogens is 3. The van der Waals surface area contributed by atoms with E-state index in [2.05, 4.69) is 15.0 Å². The van der Waals surface area contributed by atoms with Crippen LogP contribution < -0.4 is 5.32 Å². The summed E-state index contributed by atoms with van der Waals surface area (Å²) in [5, 5.41) is 6.19. The molecule has 140 valence electrons. The number of nitrogens with zero attached hydrogens (tertiary/aromatic N) is 2. The fourth-order valence-corrected chi connectivity index (χ4v) is 3.97. The first-order valence-corrected chi connectivity index (χ1v) is 8.75. The van der Waals surface area contributed by atoms with E-state index in [1.807, 2.05) is 0 Å². The number of aromatic nitrogens is 1. The van der Waals surface area contributed by atoms with Crippen molar-refractivity contribution in [2.45, 2.75) is 32.0 Å². The van der Waals surface area contributed by atoms with Crippen molar-refractivity contribution < 1.29 is 27.3 Å². The van der Waals surface area contributed by atoms with Crippen LogP contribution in [-0.2, 0) is 11.0 Å². The molecule has 0 radical (unpaired) electrons. The second-order valence-electron chi connectivity index (χ2n) is 6.02. The van der Waals surface area contributed by atoms with Gasteiger partial charge in [-0.25, -0.2) is 0 Å². The highest BCUT2D eigenvalue weighted by Gasteiger charge is 2.39. The number of likely N-dealkylation sites (tertiary alicyclic amines) is 1. The SMILES string of the molecule is Cc1c(-c2ccc(C(=O)N3CCC[C@@H](NC=O)C3)s2)noc1C(F)(F)F. The summed E-state index contributed by atoms with van der Waals surface area (Å²) >= 11 is 1.07. The van der Waals surface area contributed by atoms with Crippen molar-refractivity contribution in [3.8, 4) is 10.6 Å². The van der Waals surface area contributed by atoms with Gasteiger partial charge in [-0.3, -0.25) is 9.59 Å². The van der Waals surface area contributed by atoms with Gasteiger partial charge in [-0.05, 0) is 31.9 Å². The molecule has 2 aromatic heterocycles. The molecule has 0 aliphatic carbocycles. The van der Waals surface area contributed by atoms with Gasteiger partial charge in [0.15, 0.2) is 0 Å². The maximum Gasteiger partial charge on any atom is 0.452 e. The van der Waals surface area contributed by atoms with Gasteiger partial charge in [0.05, 0.1) is 9.75 Å². The van der Waals surface area contributed by atoms with Crippen LogP contribution >= 0.6 is 11.3 Å². The molecule has 26 heavy (non-hydrogen) atoms. The summed E-state index contributed by atoms with van der Waals surface area (Å²) < 4.78 is 42.9. The monoisotopic (exact) mass is 387 g/mol. The average molecular weight is 387 g/mol. The summed E-state index contributed by atoms with van der Waals surface area (Å²) in [6.07, 6.45) is -2.42. The van der Waals surface area contributed by atoms with Gasteiger partial charge in [0, 0.05) is 24.7 Å².